The van der Waals surface area contributed by atoms with Gasteiger partial charge in [-0.1, -0.05) is 0 Å². The molecule has 0 bridgehead atoms. The number of rotatable bonds is 4. The molecule has 0 aromatic heterocycles. The summed E-state index contributed by atoms with van der Waals surface area (Å²) in [6.45, 7) is 2.47. The molecule has 0 spiro atoms. The molecule has 0 aliphatic carbocycles. The Morgan fingerprint density at radius 1 is 1.56 bits per heavy atom. The average molecular weight is 249 g/mol. The maximum absolute atomic E-state index is 11.5. The van der Waals surface area contributed by atoms with Crippen molar-refractivity contribution in [2.45, 2.75) is 13.3 Å². The Labute approximate surface area is 94.2 Å². The Morgan fingerprint density at radius 2 is 2.25 bits per heavy atom. The monoisotopic (exact) mass is 249 g/mol. The van der Waals surface area contributed by atoms with Crippen molar-refractivity contribution in [3.05, 3.63) is 10.5 Å². The topological polar surface area (TPSA) is 92.7 Å². The van der Waals surface area contributed by atoms with Gasteiger partial charge in [-0.05, 0) is 13.3 Å². The highest BCUT2D eigenvalue weighted by atomic mass is 32.2. The maximum Gasteiger partial charge on any atom is 0.336 e. The van der Waals surface area contributed by atoms with E-state index in [-0.39, 0.29) is 30.1 Å². The van der Waals surface area contributed by atoms with E-state index in [0.29, 0.717) is 6.54 Å². The first-order valence-electron chi connectivity index (χ1n) is 4.96. The molecule has 0 unspecified atom stereocenters. The van der Waals surface area contributed by atoms with Crippen molar-refractivity contribution in [1.29, 1.82) is 0 Å². The lowest BCUT2D eigenvalue weighted by molar-refractivity contribution is -0.138. The summed E-state index contributed by atoms with van der Waals surface area (Å²) in [7, 11) is -3.74. The van der Waals surface area contributed by atoms with Gasteiger partial charge in [0.1, 0.15) is 5.94 Å². The number of carbonyl (C=O) groups excluding carboxylic acids is 1. The third-order valence-electron chi connectivity index (χ3n) is 2.23. The normalized spacial score (nSPS) is 17.4. The Bertz CT molecular complexity index is 398. The minimum absolute atomic E-state index is 0.00722. The molecule has 92 valence electrons. The van der Waals surface area contributed by atoms with Crippen molar-refractivity contribution < 1.29 is 23.1 Å². The summed E-state index contributed by atoms with van der Waals surface area (Å²) in [5.74, 6) is -1.62. The predicted molar refractivity (Wildman–Crippen MR) is 57.2 cm³/mol. The Hall–Kier alpha value is -0.920. The summed E-state index contributed by atoms with van der Waals surface area (Å²) >= 11 is 0. The smallest absolute Gasteiger partial charge is 0.336 e. The zero-order valence-corrected chi connectivity index (χ0v) is 9.84. The highest BCUT2D eigenvalue weighted by molar-refractivity contribution is 7.95. The quantitative estimate of drug-likeness (QED) is 0.631. The van der Waals surface area contributed by atoms with Crippen LogP contribution in [0.25, 0.3) is 0 Å². The number of nitrogens with one attached hydrogen (secondary N) is 1. The third kappa shape index (κ3) is 2.81. The van der Waals surface area contributed by atoms with Gasteiger partial charge >= 0.3 is 5.97 Å². The molecule has 1 heterocycles. The Balaban J connectivity index is 3.11. The standard InChI is InChI=1S/C9H15NO5S/c1-2-15-9(12)7-5-10-4-3-8(7)16(13,14)6-11/h10-11H,2-6H2,1H3. The van der Waals surface area contributed by atoms with Gasteiger partial charge in [-0.3, -0.25) is 0 Å². The maximum atomic E-state index is 11.5. The number of aliphatic hydroxyl groups is 1. The van der Waals surface area contributed by atoms with Gasteiger partial charge in [0.25, 0.3) is 0 Å². The van der Waals surface area contributed by atoms with Crippen molar-refractivity contribution in [3.8, 4) is 0 Å². The van der Waals surface area contributed by atoms with Gasteiger partial charge in [0.05, 0.1) is 17.1 Å². The number of esters is 1. The van der Waals surface area contributed by atoms with Crippen LogP contribution in [0.2, 0.25) is 0 Å². The molecule has 0 fully saturated rings. The molecule has 2 N–H and O–H groups in total. The fraction of sp³-hybridized carbons (Fsp3) is 0.667. The largest absolute Gasteiger partial charge is 0.463 e. The zero-order valence-electron chi connectivity index (χ0n) is 9.02. The van der Waals surface area contributed by atoms with E-state index in [1.165, 1.54) is 0 Å². The van der Waals surface area contributed by atoms with Gasteiger partial charge in [0.2, 0.25) is 0 Å². The first-order valence-corrected chi connectivity index (χ1v) is 6.61. The van der Waals surface area contributed by atoms with Crippen LogP contribution >= 0.6 is 0 Å². The molecule has 1 rings (SSSR count). The molecular weight excluding hydrogens is 234 g/mol. The van der Waals surface area contributed by atoms with E-state index in [0.717, 1.165) is 0 Å². The third-order valence-corrected chi connectivity index (χ3v) is 3.78. The molecule has 0 saturated carbocycles. The van der Waals surface area contributed by atoms with Gasteiger partial charge in [0.15, 0.2) is 9.84 Å². The van der Waals surface area contributed by atoms with Crippen LogP contribution < -0.4 is 5.32 Å². The van der Waals surface area contributed by atoms with Gasteiger partial charge in [-0.15, -0.1) is 0 Å². The molecule has 0 radical (unpaired) electrons. The first-order chi connectivity index (χ1) is 7.53. The highest BCUT2D eigenvalue weighted by Gasteiger charge is 2.28. The van der Waals surface area contributed by atoms with Crippen LogP contribution in [0.5, 0.6) is 0 Å². The number of ether oxygens (including phenoxy) is 1. The predicted octanol–water partition coefficient (Wildman–Crippen LogP) is -0.838. The number of hydrogen-bond donors (Lipinski definition) is 2. The zero-order chi connectivity index (χ0) is 12.2. The van der Waals surface area contributed by atoms with Gasteiger partial charge < -0.3 is 15.2 Å². The highest BCUT2D eigenvalue weighted by Crippen LogP contribution is 2.20. The Kier molecular flexibility index (Phi) is 4.45. The second-order valence-corrected chi connectivity index (χ2v) is 5.27. The van der Waals surface area contributed by atoms with Gasteiger partial charge in [-0.25, -0.2) is 13.2 Å². The van der Waals surface area contributed by atoms with Crippen molar-refractivity contribution in [3.63, 3.8) is 0 Å². The summed E-state index contributed by atoms with van der Waals surface area (Å²) in [5.41, 5.74) is 0.0992. The molecule has 1 aliphatic rings. The van der Waals surface area contributed by atoms with Crippen LogP contribution in [-0.4, -0.2) is 45.1 Å². The fourth-order valence-corrected chi connectivity index (χ4v) is 2.59. The van der Waals surface area contributed by atoms with E-state index in [4.69, 9.17) is 9.84 Å². The van der Waals surface area contributed by atoms with Crippen LogP contribution in [0.1, 0.15) is 13.3 Å². The lowest BCUT2D eigenvalue weighted by atomic mass is 10.1. The minimum atomic E-state index is -3.74. The lowest BCUT2D eigenvalue weighted by Gasteiger charge is -2.19. The van der Waals surface area contributed by atoms with E-state index in [1.807, 2.05) is 0 Å². The van der Waals surface area contributed by atoms with Crippen LogP contribution in [0.15, 0.2) is 10.5 Å². The van der Waals surface area contributed by atoms with Crippen molar-refractivity contribution in [2.24, 2.45) is 0 Å². The average Bonchev–Trinajstić information content (AvgIpc) is 2.29. The molecule has 0 aromatic rings. The molecule has 0 atom stereocenters. The molecular formula is C9H15NO5S. The molecule has 16 heavy (non-hydrogen) atoms. The lowest BCUT2D eigenvalue weighted by Crippen LogP contribution is -2.32. The fourth-order valence-electron chi connectivity index (χ4n) is 1.49. The van der Waals surface area contributed by atoms with Crippen LogP contribution in [0, 0.1) is 0 Å². The molecule has 7 heteroatoms. The molecule has 6 nitrogen and oxygen atoms in total. The van der Waals surface area contributed by atoms with Crippen molar-refractivity contribution in [1.82, 2.24) is 5.32 Å². The minimum Gasteiger partial charge on any atom is -0.463 e. The molecule has 0 aromatic carbocycles. The molecule has 0 amide bonds. The van der Waals surface area contributed by atoms with Gasteiger partial charge in [-0.2, -0.15) is 0 Å². The summed E-state index contributed by atoms with van der Waals surface area (Å²) in [6.07, 6.45) is 0.205. The van der Waals surface area contributed by atoms with Crippen molar-refractivity contribution in [2.75, 3.05) is 25.6 Å². The van der Waals surface area contributed by atoms with E-state index in [2.05, 4.69) is 5.32 Å². The summed E-state index contributed by atoms with van der Waals surface area (Å²) < 4.78 is 27.8. The second-order valence-electron chi connectivity index (χ2n) is 3.29. The molecule has 0 saturated heterocycles. The van der Waals surface area contributed by atoms with E-state index in [1.54, 1.807) is 6.92 Å². The number of hydrogen-bond acceptors (Lipinski definition) is 6. The summed E-state index contributed by atoms with van der Waals surface area (Å²) in [4.78, 5) is 11.5. The van der Waals surface area contributed by atoms with Crippen LogP contribution in [0.4, 0.5) is 0 Å². The SMILES string of the molecule is CCOC(=O)C1=C(S(=O)(=O)CO)CCNC1. The van der Waals surface area contributed by atoms with Gasteiger partial charge in [0, 0.05) is 13.1 Å². The van der Waals surface area contributed by atoms with E-state index >= 15 is 0 Å². The summed E-state index contributed by atoms with van der Waals surface area (Å²) in [5, 5.41) is 11.7. The first kappa shape index (κ1) is 13.1. The molecule has 1 aliphatic heterocycles. The number of aliphatic hydroxyl groups excluding tert-OH is 1. The number of carbonyl (C=O) groups is 1. The van der Waals surface area contributed by atoms with E-state index in [9.17, 15) is 13.2 Å². The van der Waals surface area contributed by atoms with E-state index < -0.39 is 21.7 Å². The van der Waals surface area contributed by atoms with Crippen molar-refractivity contribution >= 4 is 15.8 Å². The Morgan fingerprint density at radius 3 is 2.81 bits per heavy atom. The van der Waals surface area contributed by atoms with Crippen LogP contribution in [-0.2, 0) is 19.4 Å². The van der Waals surface area contributed by atoms with Crippen LogP contribution in [0.3, 0.4) is 0 Å². The summed E-state index contributed by atoms with van der Waals surface area (Å²) in [6, 6.07) is 0. The number of sulfone groups is 1. The second kappa shape index (κ2) is 5.42.